The van der Waals surface area contributed by atoms with E-state index in [1.54, 1.807) is 19.1 Å². The number of halogens is 2. The van der Waals surface area contributed by atoms with Crippen molar-refractivity contribution in [1.82, 2.24) is 0 Å². The van der Waals surface area contributed by atoms with E-state index in [1.165, 1.54) is 0 Å². The van der Waals surface area contributed by atoms with Crippen molar-refractivity contribution in [2.75, 3.05) is 13.2 Å². The highest BCUT2D eigenvalue weighted by molar-refractivity contribution is 6.34. The third-order valence-electron chi connectivity index (χ3n) is 2.32. The average Bonchev–Trinajstić information content (AvgIpc) is 2.34. The van der Waals surface area contributed by atoms with Crippen LogP contribution in [0.3, 0.4) is 0 Å². The van der Waals surface area contributed by atoms with E-state index in [0.717, 1.165) is 5.56 Å². The molecule has 0 N–H and O–H groups in total. The largest absolute Gasteiger partial charge is 0.463 e. The summed E-state index contributed by atoms with van der Waals surface area (Å²) in [7, 11) is 0. The monoisotopic (exact) mass is 304 g/mol. The highest BCUT2D eigenvalue weighted by Crippen LogP contribution is 2.25. The summed E-state index contributed by atoms with van der Waals surface area (Å²) in [5.74, 6) is -1.14. The molecule has 0 aromatic heterocycles. The van der Waals surface area contributed by atoms with Crippen LogP contribution in [0, 0.1) is 6.92 Å². The molecule has 0 unspecified atom stereocenters. The van der Waals surface area contributed by atoms with Gasteiger partial charge in [0.25, 0.3) is 0 Å². The molecule has 6 heteroatoms. The molecule has 19 heavy (non-hydrogen) atoms. The van der Waals surface area contributed by atoms with Gasteiger partial charge in [0.05, 0.1) is 13.0 Å². The summed E-state index contributed by atoms with van der Waals surface area (Å²) in [4.78, 5) is 22.6. The van der Waals surface area contributed by atoms with Crippen LogP contribution >= 0.6 is 23.2 Å². The molecular formula is C13H14Cl2O4. The molecule has 0 aliphatic rings. The first kappa shape index (κ1) is 15.8. The van der Waals surface area contributed by atoms with Gasteiger partial charge in [0.2, 0.25) is 0 Å². The molecule has 0 aliphatic carbocycles. The average molecular weight is 305 g/mol. The van der Waals surface area contributed by atoms with Crippen LogP contribution in [0.4, 0.5) is 0 Å². The number of hydrogen-bond acceptors (Lipinski definition) is 4. The van der Waals surface area contributed by atoms with Crippen LogP contribution < -0.4 is 0 Å². The van der Waals surface area contributed by atoms with Crippen molar-refractivity contribution in [1.29, 1.82) is 0 Å². The normalized spacial score (nSPS) is 10.1. The van der Waals surface area contributed by atoms with Crippen molar-refractivity contribution in [2.24, 2.45) is 0 Å². The van der Waals surface area contributed by atoms with Gasteiger partial charge in [-0.25, -0.2) is 4.79 Å². The van der Waals surface area contributed by atoms with E-state index in [0.29, 0.717) is 15.6 Å². The Labute approximate surface area is 121 Å². The molecule has 0 saturated carbocycles. The zero-order chi connectivity index (χ0) is 14.4. The number of benzene rings is 1. The van der Waals surface area contributed by atoms with Crippen LogP contribution in [0.5, 0.6) is 0 Å². The smallest absolute Gasteiger partial charge is 0.344 e. The standard InChI is InChI=1S/C13H14Cl2O4/c1-3-18-13(17)7-19-12(16)6-9-5-10(14)8(2)4-11(9)15/h4-5H,3,6-7H2,1-2H3. The molecule has 1 rings (SSSR count). The van der Waals surface area contributed by atoms with E-state index >= 15 is 0 Å². The van der Waals surface area contributed by atoms with Gasteiger partial charge in [-0.05, 0) is 37.1 Å². The maximum absolute atomic E-state index is 11.5. The lowest BCUT2D eigenvalue weighted by Crippen LogP contribution is -2.17. The number of ether oxygens (including phenoxy) is 2. The molecule has 0 aliphatic heterocycles. The van der Waals surface area contributed by atoms with E-state index < -0.39 is 18.5 Å². The first-order valence-electron chi connectivity index (χ1n) is 5.69. The highest BCUT2D eigenvalue weighted by Gasteiger charge is 2.12. The van der Waals surface area contributed by atoms with Crippen LogP contribution in [0.25, 0.3) is 0 Å². The first-order chi connectivity index (χ1) is 8.93. The third kappa shape index (κ3) is 5.09. The van der Waals surface area contributed by atoms with Crippen molar-refractivity contribution in [2.45, 2.75) is 20.3 Å². The molecule has 0 bridgehead atoms. The maximum atomic E-state index is 11.5. The van der Waals surface area contributed by atoms with Crippen molar-refractivity contribution in [3.63, 3.8) is 0 Å². The maximum Gasteiger partial charge on any atom is 0.344 e. The van der Waals surface area contributed by atoms with Gasteiger partial charge in [-0.2, -0.15) is 0 Å². The number of hydrogen-bond donors (Lipinski definition) is 0. The minimum absolute atomic E-state index is 0.0434. The number of esters is 2. The van der Waals surface area contributed by atoms with Crippen molar-refractivity contribution in [3.05, 3.63) is 33.3 Å². The fraction of sp³-hybridized carbons (Fsp3) is 0.385. The van der Waals surface area contributed by atoms with Gasteiger partial charge in [0.15, 0.2) is 6.61 Å². The zero-order valence-corrected chi connectivity index (χ0v) is 12.2. The molecule has 0 heterocycles. The van der Waals surface area contributed by atoms with Crippen LogP contribution in [-0.4, -0.2) is 25.2 Å². The molecule has 1 aromatic carbocycles. The summed E-state index contributed by atoms with van der Waals surface area (Å²) in [5.41, 5.74) is 1.39. The van der Waals surface area contributed by atoms with Crippen LogP contribution in [0.2, 0.25) is 10.0 Å². The van der Waals surface area contributed by atoms with Crippen LogP contribution in [-0.2, 0) is 25.5 Å². The Kier molecular flexibility index (Phi) is 6.12. The molecule has 0 fully saturated rings. The predicted molar refractivity (Wildman–Crippen MR) is 72.5 cm³/mol. The summed E-state index contributed by atoms with van der Waals surface area (Å²) in [6.07, 6.45) is -0.0434. The number of carbonyl (C=O) groups excluding carboxylic acids is 2. The fourth-order valence-electron chi connectivity index (χ4n) is 1.37. The molecule has 0 atom stereocenters. The predicted octanol–water partition coefficient (Wildman–Crippen LogP) is 2.95. The molecule has 0 spiro atoms. The van der Waals surface area contributed by atoms with Crippen LogP contribution in [0.15, 0.2) is 12.1 Å². The quantitative estimate of drug-likeness (QED) is 0.785. The highest BCUT2D eigenvalue weighted by atomic mass is 35.5. The lowest BCUT2D eigenvalue weighted by molar-refractivity contribution is -0.158. The SMILES string of the molecule is CCOC(=O)COC(=O)Cc1cc(Cl)c(C)cc1Cl. The Morgan fingerprint density at radius 1 is 1.11 bits per heavy atom. The summed E-state index contributed by atoms with van der Waals surface area (Å²) in [5, 5.41) is 0.965. The van der Waals surface area contributed by atoms with Crippen molar-refractivity contribution >= 4 is 35.1 Å². The van der Waals surface area contributed by atoms with E-state index in [4.69, 9.17) is 27.9 Å². The van der Waals surface area contributed by atoms with Gasteiger partial charge in [0.1, 0.15) is 0 Å². The second-order valence-corrected chi connectivity index (χ2v) is 4.65. The minimum Gasteiger partial charge on any atom is -0.463 e. The minimum atomic E-state index is -0.580. The van der Waals surface area contributed by atoms with Crippen LogP contribution in [0.1, 0.15) is 18.1 Å². The summed E-state index contributed by atoms with van der Waals surface area (Å²) >= 11 is 12.0. The van der Waals surface area contributed by atoms with E-state index in [1.807, 2.05) is 6.92 Å². The van der Waals surface area contributed by atoms with E-state index in [9.17, 15) is 9.59 Å². The Hall–Kier alpha value is -1.26. The summed E-state index contributed by atoms with van der Waals surface area (Å²) in [6.45, 7) is 3.34. The van der Waals surface area contributed by atoms with Gasteiger partial charge in [-0.3, -0.25) is 4.79 Å². The molecule has 0 saturated heterocycles. The van der Waals surface area contributed by atoms with Crippen molar-refractivity contribution < 1.29 is 19.1 Å². The lowest BCUT2D eigenvalue weighted by Gasteiger charge is -2.07. The first-order valence-corrected chi connectivity index (χ1v) is 6.45. The molecule has 4 nitrogen and oxygen atoms in total. The van der Waals surface area contributed by atoms with Gasteiger partial charge in [-0.1, -0.05) is 23.2 Å². The lowest BCUT2D eigenvalue weighted by atomic mass is 10.1. The molecule has 0 amide bonds. The van der Waals surface area contributed by atoms with Gasteiger partial charge in [-0.15, -0.1) is 0 Å². The van der Waals surface area contributed by atoms with E-state index in [-0.39, 0.29) is 13.0 Å². The Morgan fingerprint density at radius 3 is 2.42 bits per heavy atom. The molecule has 104 valence electrons. The second-order valence-electron chi connectivity index (χ2n) is 3.84. The number of aryl methyl sites for hydroxylation is 1. The van der Waals surface area contributed by atoms with Gasteiger partial charge < -0.3 is 9.47 Å². The molecule has 1 aromatic rings. The van der Waals surface area contributed by atoms with Gasteiger partial charge >= 0.3 is 11.9 Å². The molecule has 0 radical (unpaired) electrons. The molecular weight excluding hydrogens is 291 g/mol. The zero-order valence-electron chi connectivity index (χ0n) is 10.7. The Bertz CT molecular complexity index is 486. The fourth-order valence-corrected chi connectivity index (χ4v) is 1.84. The second kappa shape index (κ2) is 7.36. The topological polar surface area (TPSA) is 52.6 Å². The van der Waals surface area contributed by atoms with Crippen molar-refractivity contribution in [3.8, 4) is 0 Å². The van der Waals surface area contributed by atoms with Gasteiger partial charge in [0, 0.05) is 10.0 Å². The Morgan fingerprint density at radius 2 is 1.79 bits per heavy atom. The number of rotatable bonds is 5. The summed E-state index contributed by atoms with van der Waals surface area (Å²) in [6, 6.07) is 3.29. The third-order valence-corrected chi connectivity index (χ3v) is 3.08. The Balaban J connectivity index is 2.58. The van der Waals surface area contributed by atoms with E-state index in [2.05, 4.69) is 4.74 Å². The number of carbonyl (C=O) groups is 2. The summed E-state index contributed by atoms with van der Waals surface area (Å²) < 4.78 is 9.41.